The monoisotopic (exact) mass is 228 g/mol. The molecule has 1 aromatic heterocycles. The van der Waals surface area contributed by atoms with Crippen molar-refractivity contribution in [1.29, 1.82) is 0 Å². The third-order valence-electron chi connectivity index (χ3n) is 3.40. The SMILES string of the molecule is NCc1cc(-c2ccc3c(c2)CCCC3)on1. The average Bonchev–Trinajstić information content (AvgIpc) is 2.87. The van der Waals surface area contributed by atoms with E-state index in [4.69, 9.17) is 10.3 Å². The van der Waals surface area contributed by atoms with Crippen LogP contribution in [0.2, 0.25) is 0 Å². The van der Waals surface area contributed by atoms with Crippen LogP contribution in [0.4, 0.5) is 0 Å². The largest absolute Gasteiger partial charge is 0.356 e. The summed E-state index contributed by atoms with van der Waals surface area (Å²) in [6.45, 7) is 0.425. The maximum Gasteiger partial charge on any atom is 0.167 e. The zero-order valence-corrected chi connectivity index (χ0v) is 9.78. The Morgan fingerprint density at radius 3 is 2.71 bits per heavy atom. The van der Waals surface area contributed by atoms with Crippen LogP contribution < -0.4 is 5.73 Å². The molecular weight excluding hydrogens is 212 g/mol. The van der Waals surface area contributed by atoms with Crippen LogP contribution in [0, 0.1) is 0 Å². The summed E-state index contributed by atoms with van der Waals surface area (Å²) in [5.41, 5.74) is 10.4. The van der Waals surface area contributed by atoms with Gasteiger partial charge in [-0.25, -0.2) is 0 Å². The quantitative estimate of drug-likeness (QED) is 0.859. The molecule has 0 fully saturated rings. The van der Waals surface area contributed by atoms with Crippen molar-refractivity contribution in [2.24, 2.45) is 5.73 Å². The Bertz CT molecular complexity index is 531. The summed E-state index contributed by atoms with van der Waals surface area (Å²) in [6.07, 6.45) is 4.99. The summed E-state index contributed by atoms with van der Waals surface area (Å²) in [5.74, 6) is 0.818. The van der Waals surface area contributed by atoms with E-state index in [1.165, 1.54) is 36.8 Å². The van der Waals surface area contributed by atoms with E-state index in [1.807, 2.05) is 6.07 Å². The highest BCUT2D eigenvalue weighted by Crippen LogP contribution is 2.27. The Hall–Kier alpha value is -1.61. The van der Waals surface area contributed by atoms with Crippen molar-refractivity contribution in [3.05, 3.63) is 41.1 Å². The lowest BCUT2D eigenvalue weighted by atomic mass is 9.90. The molecule has 1 aromatic carbocycles. The lowest BCUT2D eigenvalue weighted by Gasteiger charge is -2.15. The molecular formula is C14H16N2O. The number of fused-ring (bicyclic) bond motifs is 1. The molecule has 2 N–H and O–H groups in total. The molecule has 0 unspecified atom stereocenters. The Morgan fingerprint density at radius 1 is 1.12 bits per heavy atom. The summed E-state index contributed by atoms with van der Waals surface area (Å²) in [6, 6.07) is 8.49. The molecule has 2 aromatic rings. The molecule has 0 atom stereocenters. The fourth-order valence-electron chi connectivity index (χ4n) is 2.43. The van der Waals surface area contributed by atoms with Crippen LogP contribution in [0.15, 0.2) is 28.8 Å². The second-order valence-electron chi connectivity index (χ2n) is 4.58. The van der Waals surface area contributed by atoms with Crippen molar-refractivity contribution < 1.29 is 4.52 Å². The van der Waals surface area contributed by atoms with E-state index in [-0.39, 0.29) is 0 Å². The Labute approximate surface area is 101 Å². The highest BCUT2D eigenvalue weighted by atomic mass is 16.5. The van der Waals surface area contributed by atoms with Gasteiger partial charge in [-0.1, -0.05) is 17.3 Å². The van der Waals surface area contributed by atoms with Crippen LogP contribution in [0.5, 0.6) is 0 Å². The van der Waals surface area contributed by atoms with Gasteiger partial charge in [0, 0.05) is 18.2 Å². The van der Waals surface area contributed by atoms with Crippen molar-refractivity contribution >= 4 is 0 Å². The molecule has 0 radical (unpaired) electrons. The van der Waals surface area contributed by atoms with E-state index in [2.05, 4.69) is 23.4 Å². The van der Waals surface area contributed by atoms with Crippen molar-refractivity contribution in [3.8, 4) is 11.3 Å². The van der Waals surface area contributed by atoms with Crippen LogP contribution >= 0.6 is 0 Å². The van der Waals surface area contributed by atoms with Crippen LogP contribution in [0.3, 0.4) is 0 Å². The van der Waals surface area contributed by atoms with Gasteiger partial charge in [0.25, 0.3) is 0 Å². The lowest BCUT2D eigenvalue weighted by molar-refractivity contribution is 0.424. The zero-order chi connectivity index (χ0) is 11.7. The Balaban J connectivity index is 1.97. The molecule has 0 bridgehead atoms. The molecule has 0 aliphatic heterocycles. The summed E-state index contributed by atoms with van der Waals surface area (Å²) in [4.78, 5) is 0. The second kappa shape index (κ2) is 4.34. The van der Waals surface area contributed by atoms with Gasteiger partial charge in [0.05, 0.1) is 5.69 Å². The minimum absolute atomic E-state index is 0.425. The molecule has 0 spiro atoms. The number of aryl methyl sites for hydroxylation is 2. The first-order chi connectivity index (χ1) is 8.36. The summed E-state index contributed by atoms with van der Waals surface area (Å²) < 4.78 is 5.30. The van der Waals surface area contributed by atoms with Gasteiger partial charge in [0.2, 0.25) is 0 Å². The molecule has 1 heterocycles. The van der Waals surface area contributed by atoms with Gasteiger partial charge < -0.3 is 10.3 Å². The van der Waals surface area contributed by atoms with Crippen LogP contribution in [-0.2, 0) is 19.4 Å². The van der Waals surface area contributed by atoms with E-state index in [0.29, 0.717) is 6.54 Å². The summed E-state index contributed by atoms with van der Waals surface area (Å²) >= 11 is 0. The molecule has 17 heavy (non-hydrogen) atoms. The molecule has 3 rings (SSSR count). The lowest BCUT2D eigenvalue weighted by Crippen LogP contribution is -2.02. The number of aromatic nitrogens is 1. The molecule has 3 nitrogen and oxygen atoms in total. The van der Waals surface area contributed by atoms with Gasteiger partial charge in [-0.05, 0) is 42.9 Å². The van der Waals surface area contributed by atoms with Crippen LogP contribution in [-0.4, -0.2) is 5.16 Å². The average molecular weight is 228 g/mol. The molecule has 0 amide bonds. The predicted octanol–water partition coefficient (Wildman–Crippen LogP) is 2.68. The number of rotatable bonds is 2. The van der Waals surface area contributed by atoms with Gasteiger partial charge >= 0.3 is 0 Å². The van der Waals surface area contributed by atoms with Gasteiger partial charge in [-0.3, -0.25) is 0 Å². The van der Waals surface area contributed by atoms with E-state index >= 15 is 0 Å². The third-order valence-corrected chi connectivity index (χ3v) is 3.40. The molecule has 88 valence electrons. The van der Waals surface area contributed by atoms with Crippen molar-refractivity contribution in [3.63, 3.8) is 0 Å². The smallest absolute Gasteiger partial charge is 0.167 e. The van der Waals surface area contributed by atoms with E-state index in [9.17, 15) is 0 Å². The normalized spacial score (nSPS) is 14.6. The van der Waals surface area contributed by atoms with E-state index in [0.717, 1.165) is 17.0 Å². The predicted molar refractivity (Wildman–Crippen MR) is 66.5 cm³/mol. The summed E-state index contributed by atoms with van der Waals surface area (Å²) in [5, 5.41) is 3.92. The first-order valence-electron chi connectivity index (χ1n) is 6.14. The van der Waals surface area contributed by atoms with Crippen LogP contribution in [0.1, 0.15) is 29.7 Å². The number of nitrogens with two attached hydrogens (primary N) is 1. The number of benzene rings is 1. The maximum atomic E-state index is 5.53. The standard InChI is InChI=1S/C14H16N2O/c15-9-13-8-14(17-16-13)12-6-5-10-3-1-2-4-11(10)7-12/h5-8H,1-4,9,15H2. The zero-order valence-electron chi connectivity index (χ0n) is 9.78. The fraction of sp³-hybridized carbons (Fsp3) is 0.357. The topological polar surface area (TPSA) is 52.0 Å². The second-order valence-corrected chi connectivity index (χ2v) is 4.58. The molecule has 3 heteroatoms. The first kappa shape index (κ1) is 10.5. The Kier molecular flexibility index (Phi) is 2.69. The highest BCUT2D eigenvalue weighted by Gasteiger charge is 2.12. The third kappa shape index (κ3) is 1.98. The summed E-state index contributed by atoms with van der Waals surface area (Å²) in [7, 11) is 0. The van der Waals surface area contributed by atoms with Crippen molar-refractivity contribution in [2.45, 2.75) is 32.2 Å². The number of hydrogen-bond donors (Lipinski definition) is 1. The number of hydrogen-bond acceptors (Lipinski definition) is 3. The minimum Gasteiger partial charge on any atom is -0.356 e. The maximum absolute atomic E-state index is 5.53. The van der Waals surface area contributed by atoms with Gasteiger partial charge in [0.15, 0.2) is 5.76 Å². The van der Waals surface area contributed by atoms with Crippen LogP contribution in [0.25, 0.3) is 11.3 Å². The fourth-order valence-corrected chi connectivity index (χ4v) is 2.43. The molecule has 1 aliphatic carbocycles. The molecule has 1 aliphatic rings. The van der Waals surface area contributed by atoms with Gasteiger partial charge in [0.1, 0.15) is 0 Å². The van der Waals surface area contributed by atoms with E-state index < -0.39 is 0 Å². The van der Waals surface area contributed by atoms with Gasteiger partial charge in [-0.15, -0.1) is 0 Å². The number of nitrogens with zero attached hydrogens (tertiary/aromatic N) is 1. The Morgan fingerprint density at radius 2 is 1.94 bits per heavy atom. The van der Waals surface area contributed by atoms with E-state index in [1.54, 1.807) is 0 Å². The first-order valence-corrected chi connectivity index (χ1v) is 6.14. The van der Waals surface area contributed by atoms with Crippen molar-refractivity contribution in [1.82, 2.24) is 5.16 Å². The highest BCUT2D eigenvalue weighted by molar-refractivity contribution is 5.59. The van der Waals surface area contributed by atoms with Gasteiger partial charge in [-0.2, -0.15) is 0 Å². The molecule has 0 saturated carbocycles. The molecule has 0 saturated heterocycles. The van der Waals surface area contributed by atoms with Crippen molar-refractivity contribution in [2.75, 3.05) is 0 Å². The minimum atomic E-state index is 0.425.